The summed E-state index contributed by atoms with van der Waals surface area (Å²) in [4.78, 5) is 11.4. The lowest BCUT2D eigenvalue weighted by atomic mass is 10.2. The Hall–Kier alpha value is -1.36. The van der Waals surface area contributed by atoms with Crippen molar-refractivity contribution in [2.75, 3.05) is 6.61 Å². The Morgan fingerprint density at radius 2 is 2.57 bits per heavy atom. The Labute approximate surface area is 82.1 Å². The first-order valence-corrected chi connectivity index (χ1v) is 4.56. The second-order valence-electron chi connectivity index (χ2n) is 3.12. The Balaban J connectivity index is 2.34. The van der Waals surface area contributed by atoms with Gasteiger partial charge in [-0.15, -0.1) is 0 Å². The van der Waals surface area contributed by atoms with Crippen LogP contribution in [0.1, 0.15) is 30.3 Å². The summed E-state index contributed by atoms with van der Waals surface area (Å²) in [6.07, 6.45) is 2.85. The van der Waals surface area contributed by atoms with E-state index in [2.05, 4.69) is 15.0 Å². The van der Waals surface area contributed by atoms with Crippen molar-refractivity contribution in [3.63, 3.8) is 0 Å². The van der Waals surface area contributed by atoms with Gasteiger partial charge in [-0.25, -0.2) is 0 Å². The number of hydrogen-bond donors (Lipinski definition) is 2. The van der Waals surface area contributed by atoms with Gasteiger partial charge in [0.1, 0.15) is 0 Å². The summed E-state index contributed by atoms with van der Waals surface area (Å²) in [5.74, 6) is -0.0613. The molecule has 1 rings (SSSR count). The predicted octanol–water partition coefficient (Wildman–Crippen LogP) is 0.565. The second kappa shape index (κ2) is 5.39. The molecule has 0 aromatic carbocycles. The van der Waals surface area contributed by atoms with E-state index in [0.717, 1.165) is 6.42 Å². The highest BCUT2D eigenvalue weighted by atomic mass is 16.5. The molecule has 1 aromatic heterocycles. The fourth-order valence-electron chi connectivity index (χ4n) is 1.10. The van der Waals surface area contributed by atoms with Crippen LogP contribution in [0.2, 0.25) is 0 Å². The summed E-state index contributed by atoms with van der Waals surface area (Å²) in [7, 11) is 0. The number of aliphatic hydroxyl groups is 1. The van der Waals surface area contributed by atoms with Gasteiger partial charge >= 0.3 is 0 Å². The largest absolute Gasteiger partial charge is 0.396 e. The lowest BCUT2D eigenvalue weighted by molar-refractivity contribution is 0.0899. The number of nitrogens with one attached hydrogen (secondary N) is 1. The van der Waals surface area contributed by atoms with Gasteiger partial charge in [-0.2, -0.15) is 0 Å². The molecule has 5 nitrogen and oxygen atoms in total. The quantitative estimate of drug-likeness (QED) is 0.725. The average molecular weight is 198 g/mol. The van der Waals surface area contributed by atoms with Crippen LogP contribution in [0.15, 0.2) is 16.8 Å². The summed E-state index contributed by atoms with van der Waals surface area (Å²) in [5, 5.41) is 14.8. The number of carbonyl (C=O) groups excluding carboxylic acids is 1. The van der Waals surface area contributed by atoms with Crippen molar-refractivity contribution in [2.24, 2.45) is 0 Å². The normalized spacial score (nSPS) is 12.4. The second-order valence-corrected chi connectivity index (χ2v) is 3.12. The summed E-state index contributed by atoms with van der Waals surface area (Å²) in [6.45, 7) is 2.02. The van der Waals surface area contributed by atoms with E-state index in [9.17, 15) is 4.79 Å². The number of nitrogens with zero attached hydrogens (tertiary/aromatic N) is 1. The number of carbonyl (C=O) groups is 1. The van der Waals surface area contributed by atoms with Crippen LogP contribution < -0.4 is 5.32 Å². The third-order valence-electron chi connectivity index (χ3n) is 1.83. The van der Waals surface area contributed by atoms with E-state index in [1.807, 2.05) is 6.92 Å². The van der Waals surface area contributed by atoms with E-state index in [1.54, 1.807) is 0 Å². The monoisotopic (exact) mass is 198 g/mol. The van der Waals surface area contributed by atoms with Gasteiger partial charge in [-0.1, -0.05) is 5.16 Å². The van der Waals surface area contributed by atoms with E-state index in [4.69, 9.17) is 5.11 Å². The van der Waals surface area contributed by atoms with Crippen LogP contribution in [0, 0.1) is 0 Å². The van der Waals surface area contributed by atoms with Crippen LogP contribution in [-0.4, -0.2) is 28.8 Å². The maximum atomic E-state index is 11.4. The minimum atomic E-state index is -0.270. The molecule has 1 atom stereocenters. The molecule has 78 valence electrons. The van der Waals surface area contributed by atoms with Crippen LogP contribution in [0.4, 0.5) is 0 Å². The molecule has 0 saturated heterocycles. The predicted molar refractivity (Wildman–Crippen MR) is 49.8 cm³/mol. The maximum Gasteiger partial charge on any atom is 0.290 e. The van der Waals surface area contributed by atoms with Crippen LogP contribution in [-0.2, 0) is 0 Å². The highest BCUT2D eigenvalue weighted by Gasteiger charge is 2.12. The SMILES string of the molecule is CC(CCCO)NC(=O)c1ccno1. The summed E-state index contributed by atoms with van der Waals surface area (Å²) in [6, 6.07) is 1.54. The Bertz CT molecular complexity index is 272. The van der Waals surface area contributed by atoms with E-state index in [0.29, 0.717) is 6.42 Å². The number of rotatable bonds is 5. The fourth-order valence-corrected chi connectivity index (χ4v) is 1.10. The van der Waals surface area contributed by atoms with Gasteiger partial charge in [-0.3, -0.25) is 4.79 Å². The smallest absolute Gasteiger partial charge is 0.290 e. The molecule has 0 aliphatic rings. The molecule has 0 radical (unpaired) electrons. The van der Waals surface area contributed by atoms with Crippen molar-refractivity contribution in [2.45, 2.75) is 25.8 Å². The molecule has 0 fully saturated rings. The molecule has 1 unspecified atom stereocenters. The first-order valence-electron chi connectivity index (χ1n) is 4.56. The summed E-state index contributed by atoms with van der Waals surface area (Å²) < 4.78 is 4.69. The van der Waals surface area contributed by atoms with Crippen LogP contribution in [0.5, 0.6) is 0 Å². The number of aromatic nitrogens is 1. The Morgan fingerprint density at radius 3 is 3.14 bits per heavy atom. The molecule has 0 bridgehead atoms. The van der Waals surface area contributed by atoms with Crippen LogP contribution in [0.3, 0.4) is 0 Å². The molecule has 2 N–H and O–H groups in total. The van der Waals surface area contributed by atoms with Gasteiger partial charge in [0.25, 0.3) is 5.91 Å². The lowest BCUT2D eigenvalue weighted by Gasteiger charge is -2.11. The lowest BCUT2D eigenvalue weighted by Crippen LogP contribution is -2.32. The Kier molecular flexibility index (Phi) is 4.12. The third-order valence-corrected chi connectivity index (χ3v) is 1.83. The molecule has 5 heteroatoms. The number of amides is 1. The first-order chi connectivity index (χ1) is 6.74. The molecule has 0 saturated carbocycles. The summed E-state index contributed by atoms with van der Waals surface area (Å²) >= 11 is 0. The Morgan fingerprint density at radius 1 is 1.79 bits per heavy atom. The van der Waals surface area contributed by atoms with Crippen molar-refractivity contribution in [3.8, 4) is 0 Å². The molecule has 14 heavy (non-hydrogen) atoms. The fraction of sp³-hybridized carbons (Fsp3) is 0.556. The van der Waals surface area contributed by atoms with Crippen molar-refractivity contribution in [1.29, 1.82) is 0 Å². The molecular formula is C9H14N2O3. The minimum Gasteiger partial charge on any atom is -0.396 e. The molecule has 1 amide bonds. The van der Waals surface area contributed by atoms with Gasteiger partial charge in [-0.05, 0) is 19.8 Å². The van der Waals surface area contributed by atoms with E-state index >= 15 is 0 Å². The minimum absolute atomic E-state index is 0.0275. The highest BCUT2D eigenvalue weighted by molar-refractivity contribution is 5.91. The number of aliphatic hydroxyl groups excluding tert-OH is 1. The zero-order valence-electron chi connectivity index (χ0n) is 8.06. The zero-order valence-corrected chi connectivity index (χ0v) is 8.06. The van der Waals surface area contributed by atoms with Crippen LogP contribution >= 0.6 is 0 Å². The topological polar surface area (TPSA) is 75.4 Å². The molecule has 0 aliphatic heterocycles. The molecule has 0 spiro atoms. The van der Waals surface area contributed by atoms with Crippen molar-refractivity contribution < 1.29 is 14.4 Å². The number of hydrogen-bond acceptors (Lipinski definition) is 4. The maximum absolute atomic E-state index is 11.4. The van der Waals surface area contributed by atoms with Gasteiger partial charge < -0.3 is 14.9 Å². The van der Waals surface area contributed by atoms with E-state index < -0.39 is 0 Å². The average Bonchev–Trinajstić information content (AvgIpc) is 2.67. The van der Waals surface area contributed by atoms with Crippen LogP contribution in [0.25, 0.3) is 0 Å². The van der Waals surface area contributed by atoms with E-state index in [-0.39, 0.29) is 24.3 Å². The van der Waals surface area contributed by atoms with Crippen molar-refractivity contribution in [1.82, 2.24) is 10.5 Å². The first kappa shape index (κ1) is 10.7. The molecule has 0 aliphatic carbocycles. The van der Waals surface area contributed by atoms with Gasteiger partial charge in [0, 0.05) is 18.7 Å². The molecule has 1 aromatic rings. The standard InChI is InChI=1S/C9H14N2O3/c1-7(3-2-6-12)11-9(13)8-4-5-10-14-8/h4-5,7,12H,2-3,6H2,1H3,(H,11,13). The van der Waals surface area contributed by atoms with Gasteiger partial charge in [0.05, 0.1) is 6.20 Å². The van der Waals surface area contributed by atoms with Crippen molar-refractivity contribution >= 4 is 5.91 Å². The van der Waals surface area contributed by atoms with Crippen molar-refractivity contribution in [3.05, 3.63) is 18.0 Å². The summed E-state index contributed by atoms with van der Waals surface area (Å²) in [5.41, 5.74) is 0. The van der Waals surface area contributed by atoms with Gasteiger partial charge in [0.2, 0.25) is 5.76 Å². The van der Waals surface area contributed by atoms with Gasteiger partial charge in [0.15, 0.2) is 0 Å². The molecule has 1 heterocycles. The molecular weight excluding hydrogens is 184 g/mol. The van der Waals surface area contributed by atoms with E-state index in [1.165, 1.54) is 12.3 Å². The highest BCUT2D eigenvalue weighted by Crippen LogP contribution is 2.00. The third kappa shape index (κ3) is 3.18. The zero-order chi connectivity index (χ0) is 10.4.